The van der Waals surface area contributed by atoms with Crippen molar-refractivity contribution in [2.75, 3.05) is 14.2 Å². The summed E-state index contributed by atoms with van der Waals surface area (Å²) in [6.45, 7) is 0. The molecule has 124 valence electrons. The van der Waals surface area contributed by atoms with Gasteiger partial charge in [0, 0.05) is 25.3 Å². The zero-order valence-electron chi connectivity index (χ0n) is 13.3. The molecule has 3 rings (SSSR count). The molecule has 0 fully saturated rings. The van der Waals surface area contributed by atoms with Crippen LogP contribution in [0.15, 0.2) is 59.7 Å². The van der Waals surface area contributed by atoms with E-state index in [1.165, 1.54) is 19.2 Å². The van der Waals surface area contributed by atoms with Crippen LogP contribution < -0.4 is 0 Å². The van der Waals surface area contributed by atoms with Crippen LogP contribution in [0.3, 0.4) is 0 Å². The quantitative estimate of drug-likeness (QED) is 0.794. The molecule has 0 bridgehead atoms. The van der Waals surface area contributed by atoms with Crippen molar-refractivity contribution in [2.45, 2.75) is 5.78 Å². The molecule has 1 amide bonds. The lowest BCUT2D eigenvalue weighted by Crippen LogP contribution is -2.34. The number of nitrogens with zero attached hydrogens (tertiary/aromatic N) is 2. The Kier molecular flexibility index (Phi) is 4.62. The second-order valence-electron chi connectivity index (χ2n) is 5.17. The van der Waals surface area contributed by atoms with E-state index < -0.39 is 13.4 Å². The third-order valence-corrected chi connectivity index (χ3v) is 5.98. The first-order chi connectivity index (χ1) is 11.6. The van der Waals surface area contributed by atoms with Crippen LogP contribution >= 0.6 is 7.60 Å². The maximum absolute atomic E-state index is 13.1. The second-order valence-corrected chi connectivity index (χ2v) is 7.47. The van der Waals surface area contributed by atoms with Gasteiger partial charge in [-0.05, 0) is 17.7 Å². The van der Waals surface area contributed by atoms with Crippen molar-refractivity contribution in [1.82, 2.24) is 5.01 Å². The Morgan fingerprint density at radius 2 is 1.67 bits per heavy atom. The first kappa shape index (κ1) is 16.6. The lowest BCUT2D eigenvalue weighted by atomic mass is 10.1. The molecule has 0 spiro atoms. The fraction of sp³-hybridized carbons (Fsp3) is 0.176. The van der Waals surface area contributed by atoms with E-state index in [0.29, 0.717) is 11.1 Å². The summed E-state index contributed by atoms with van der Waals surface area (Å²) in [5.41, 5.74) is 1.88. The van der Waals surface area contributed by atoms with Gasteiger partial charge in [-0.3, -0.25) is 9.36 Å². The van der Waals surface area contributed by atoms with Gasteiger partial charge in [-0.15, -0.1) is 0 Å². The molecular weight excluding hydrogens is 327 g/mol. The molecule has 0 saturated heterocycles. The van der Waals surface area contributed by atoms with E-state index in [0.717, 1.165) is 5.56 Å². The highest BCUT2D eigenvalue weighted by Crippen LogP contribution is 2.62. The van der Waals surface area contributed by atoms with Crippen LogP contribution in [-0.4, -0.2) is 31.4 Å². The maximum Gasteiger partial charge on any atom is 0.359 e. The summed E-state index contributed by atoms with van der Waals surface area (Å²) >= 11 is 0. The lowest BCUT2D eigenvalue weighted by molar-refractivity contribution is 0.0706. The Labute approximate surface area is 140 Å². The Morgan fingerprint density at radius 3 is 2.33 bits per heavy atom. The number of carbonyl (C=O) groups excluding carboxylic acids is 1. The molecule has 1 heterocycles. The molecule has 1 aliphatic rings. The first-order valence-corrected chi connectivity index (χ1v) is 8.94. The highest BCUT2D eigenvalue weighted by molar-refractivity contribution is 7.54. The van der Waals surface area contributed by atoms with Gasteiger partial charge < -0.3 is 9.05 Å². The van der Waals surface area contributed by atoms with Gasteiger partial charge in [0.1, 0.15) is 0 Å². The smallest absolute Gasteiger partial charge is 0.310 e. The standard InChI is InChI=1S/C17H17N2O4P/c1-22-24(21,23-2)17-15-11-7-6-10-14(15)12-18-19(17)16(20)13-8-4-3-5-9-13/h3-12,17H,1-2H3/t17-/m0/s1. The minimum Gasteiger partial charge on any atom is -0.310 e. The van der Waals surface area contributed by atoms with Gasteiger partial charge in [-0.1, -0.05) is 42.5 Å². The van der Waals surface area contributed by atoms with E-state index in [9.17, 15) is 9.36 Å². The molecule has 0 saturated carbocycles. The van der Waals surface area contributed by atoms with E-state index in [-0.39, 0.29) is 5.91 Å². The minimum absolute atomic E-state index is 0.374. The number of benzene rings is 2. The highest BCUT2D eigenvalue weighted by atomic mass is 31.2. The topological polar surface area (TPSA) is 68.2 Å². The molecule has 1 atom stereocenters. The van der Waals surface area contributed by atoms with Gasteiger partial charge in [0.25, 0.3) is 5.91 Å². The monoisotopic (exact) mass is 344 g/mol. The number of hydrogen-bond acceptors (Lipinski definition) is 5. The molecule has 24 heavy (non-hydrogen) atoms. The average molecular weight is 344 g/mol. The highest BCUT2D eigenvalue weighted by Gasteiger charge is 2.45. The van der Waals surface area contributed by atoms with Crippen LogP contribution in [0.1, 0.15) is 27.3 Å². The Bertz CT molecular complexity index is 814. The largest absolute Gasteiger partial charge is 0.359 e. The van der Waals surface area contributed by atoms with Crippen LogP contribution in [0.4, 0.5) is 0 Å². The number of carbonyl (C=O) groups is 1. The number of amides is 1. The number of fused-ring (bicyclic) bond motifs is 1. The SMILES string of the molecule is COP(=O)(OC)[C@H]1c2ccccc2C=NN1C(=O)c1ccccc1. The molecule has 7 heteroatoms. The van der Waals surface area contributed by atoms with Crippen molar-refractivity contribution < 1.29 is 18.4 Å². The number of hydrazone groups is 1. The average Bonchev–Trinajstić information content (AvgIpc) is 2.66. The van der Waals surface area contributed by atoms with E-state index >= 15 is 0 Å². The zero-order chi connectivity index (χ0) is 17.2. The van der Waals surface area contributed by atoms with Crippen LogP contribution in [0.5, 0.6) is 0 Å². The predicted molar refractivity (Wildman–Crippen MR) is 91.0 cm³/mol. The second kappa shape index (κ2) is 6.69. The molecule has 2 aromatic rings. The Morgan fingerprint density at radius 1 is 1.04 bits per heavy atom. The number of hydrogen-bond donors (Lipinski definition) is 0. The molecule has 0 aromatic heterocycles. The van der Waals surface area contributed by atoms with Crippen molar-refractivity contribution in [3.05, 3.63) is 71.3 Å². The van der Waals surface area contributed by atoms with Gasteiger partial charge in [0.05, 0.1) is 6.21 Å². The third-order valence-electron chi connectivity index (χ3n) is 3.86. The summed E-state index contributed by atoms with van der Waals surface area (Å²) in [5, 5.41) is 5.39. The molecule has 2 aromatic carbocycles. The molecule has 0 aliphatic carbocycles. The summed E-state index contributed by atoms with van der Waals surface area (Å²) < 4.78 is 23.4. The van der Waals surface area contributed by atoms with Crippen LogP contribution in [0, 0.1) is 0 Å². The van der Waals surface area contributed by atoms with Gasteiger partial charge >= 0.3 is 7.60 Å². The van der Waals surface area contributed by atoms with Crippen LogP contribution in [0.25, 0.3) is 0 Å². The van der Waals surface area contributed by atoms with Crippen molar-refractivity contribution >= 4 is 19.7 Å². The van der Waals surface area contributed by atoms with Gasteiger partial charge in [0.2, 0.25) is 0 Å². The molecule has 0 radical (unpaired) electrons. The van der Waals surface area contributed by atoms with E-state index in [4.69, 9.17) is 9.05 Å². The van der Waals surface area contributed by atoms with Gasteiger partial charge in [-0.25, -0.2) is 5.01 Å². The van der Waals surface area contributed by atoms with Gasteiger partial charge in [-0.2, -0.15) is 5.10 Å². The van der Waals surface area contributed by atoms with E-state index in [1.54, 1.807) is 36.5 Å². The minimum atomic E-state index is -3.63. The van der Waals surface area contributed by atoms with Gasteiger partial charge in [0.15, 0.2) is 5.78 Å². The molecule has 0 N–H and O–H groups in total. The van der Waals surface area contributed by atoms with E-state index in [1.807, 2.05) is 24.3 Å². The Balaban J connectivity index is 2.12. The van der Waals surface area contributed by atoms with E-state index in [2.05, 4.69) is 5.10 Å². The predicted octanol–water partition coefficient (Wildman–Crippen LogP) is 3.66. The summed E-state index contributed by atoms with van der Waals surface area (Å²) in [6, 6.07) is 16.0. The molecule has 0 unspecified atom stereocenters. The van der Waals surface area contributed by atoms with Crippen molar-refractivity contribution in [3.63, 3.8) is 0 Å². The molecule has 6 nitrogen and oxygen atoms in total. The van der Waals surface area contributed by atoms with Crippen molar-refractivity contribution in [3.8, 4) is 0 Å². The van der Waals surface area contributed by atoms with Crippen LogP contribution in [-0.2, 0) is 13.6 Å². The first-order valence-electron chi connectivity index (χ1n) is 7.33. The summed E-state index contributed by atoms with van der Waals surface area (Å²) in [4.78, 5) is 12.9. The zero-order valence-corrected chi connectivity index (χ0v) is 14.2. The maximum atomic E-state index is 13.1. The fourth-order valence-electron chi connectivity index (χ4n) is 2.64. The Hall–Kier alpha value is -2.27. The normalized spacial score (nSPS) is 16.8. The lowest BCUT2D eigenvalue weighted by Gasteiger charge is -2.34. The summed E-state index contributed by atoms with van der Waals surface area (Å²) in [5.74, 6) is -1.32. The summed E-state index contributed by atoms with van der Waals surface area (Å²) in [6.07, 6.45) is 1.57. The fourth-order valence-corrected chi connectivity index (χ4v) is 4.19. The third kappa shape index (κ3) is 2.80. The van der Waals surface area contributed by atoms with Crippen LogP contribution in [0.2, 0.25) is 0 Å². The van der Waals surface area contributed by atoms with Crippen molar-refractivity contribution in [1.29, 1.82) is 0 Å². The summed E-state index contributed by atoms with van der Waals surface area (Å²) in [7, 11) is -1.02. The molecular formula is C17H17N2O4P. The van der Waals surface area contributed by atoms with Crippen molar-refractivity contribution in [2.24, 2.45) is 5.10 Å². The number of rotatable bonds is 4. The molecule has 1 aliphatic heterocycles.